The number of ketones is 1. The molecule has 0 rings (SSSR count). The largest absolute Gasteiger partial charge is 0.475 e. The predicted octanol–water partition coefficient (Wildman–Crippen LogP) is -3.38. The topological polar surface area (TPSA) is 174 Å². The van der Waals surface area contributed by atoms with Crippen LogP contribution in [0.5, 0.6) is 0 Å². The average Bonchev–Trinajstić information content (AvgIpc) is 2.47. The van der Waals surface area contributed by atoms with Crippen LogP contribution in [-0.2, 0) is 19.1 Å². The van der Waals surface area contributed by atoms with Crippen LogP contribution in [0.4, 0.5) is 0 Å². The van der Waals surface area contributed by atoms with Crippen molar-refractivity contribution in [1.29, 1.82) is 0 Å². The third-order valence-electron chi connectivity index (χ3n) is 3.00. The van der Waals surface area contributed by atoms with Crippen LogP contribution in [0, 0.1) is 0 Å². The minimum atomic E-state index is -1.85. The van der Waals surface area contributed by atoms with Gasteiger partial charge in [-0.3, -0.25) is 9.59 Å². The Morgan fingerprint density at radius 3 is 2.05 bits per heavy atom. The van der Waals surface area contributed by atoms with E-state index in [2.05, 4.69) is 5.32 Å². The first kappa shape index (κ1) is 20.4. The number of carbonyl (C=O) groups is 3. The maximum atomic E-state index is 11.3. The van der Waals surface area contributed by atoms with Gasteiger partial charge in [0.15, 0.2) is 0 Å². The number of Topliss-reactive ketones (excluding diaryl/α,β-unsaturated/α-hetero) is 1. The van der Waals surface area contributed by atoms with Gasteiger partial charge in [-0.2, -0.15) is 0 Å². The quantitative estimate of drug-likeness (QED) is 0.224. The Morgan fingerprint density at radius 2 is 1.68 bits per heavy atom. The SMILES string of the molecule is CO[C@@H](CC(=O)C(=O)O)[C@H](NC(C)=O)[C@@H](O)[C@H](O)[C@H](O)CO. The number of ether oxygens (including phenoxy) is 1. The number of aliphatic carboxylic acids is 1. The molecule has 128 valence electrons. The van der Waals surface area contributed by atoms with Crippen LogP contribution < -0.4 is 5.32 Å². The molecule has 10 nitrogen and oxygen atoms in total. The van der Waals surface area contributed by atoms with Crippen LogP contribution in [0.2, 0.25) is 0 Å². The molecule has 0 unspecified atom stereocenters. The molecule has 0 saturated heterocycles. The summed E-state index contributed by atoms with van der Waals surface area (Å²) in [5, 5.41) is 48.6. The molecule has 0 aromatic heterocycles. The highest BCUT2D eigenvalue weighted by atomic mass is 16.5. The van der Waals surface area contributed by atoms with Gasteiger partial charge in [0.1, 0.15) is 18.3 Å². The molecule has 0 spiro atoms. The second-order valence-corrected chi connectivity index (χ2v) is 4.66. The third kappa shape index (κ3) is 6.03. The highest BCUT2D eigenvalue weighted by molar-refractivity contribution is 6.32. The van der Waals surface area contributed by atoms with Gasteiger partial charge >= 0.3 is 5.97 Å². The molecule has 0 aliphatic rings. The molecule has 0 saturated carbocycles. The fourth-order valence-corrected chi connectivity index (χ4v) is 1.81. The van der Waals surface area contributed by atoms with Crippen molar-refractivity contribution in [2.45, 2.75) is 43.8 Å². The number of carboxylic acid groups (broad SMARTS) is 1. The molecule has 22 heavy (non-hydrogen) atoms. The van der Waals surface area contributed by atoms with E-state index in [4.69, 9.17) is 14.9 Å². The van der Waals surface area contributed by atoms with E-state index in [-0.39, 0.29) is 0 Å². The lowest BCUT2D eigenvalue weighted by Gasteiger charge is -2.33. The lowest BCUT2D eigenvalue weighted by molar-refractivity contribution is -0.151. The van der Waals surface area contributed by atoms with E-state index in [1.807, 2.05) is 0 Å². The number of amides is 1. The number of rotatable bonds is 10. The highest BCUT2D eigenvalue weighted by Crippen LogP contribution is 2.14. The van der Waals surface area contributed by atoms with Gasteiger partial charge in [0, 0.05) is 20.5 Å². The summed E-state index contributed by atoms with van der Waals surface area (Å²) in [7, 11) is 1.12. The number of hydrogen-bond donors (Lipinski definition) is 6. The van der Waals surface area contributed by atoms with Crippen LogP contribution in [0.1, 0.15) is 13.3 Å². The number of carboxylic acids is 1. The fourth-order valence-electron chi connectivity index (χ4n) is 1.81. The van der Waals surface area contributed by atoms with Gasteiger partial charge < -0.3 is 35.6 Å². The van der Waals surface area contributed by atoms with Crippen molar-refractivity contribution in [1.82, 2.24) is 5.32 Å². The molecule has 0 aromatic rings. The first-order valence-corrected chi connectivity index (χ1v) is 6.36. The molecular weight excluding hydrogens is 302 g/mol. The van der Waals surface area contributed by atoms with Crippen molar-refractivity contribution in [3.05, 3.63) is 0 Å². The third-order valence-corrected chi connectivity index (χ3v) is 3.00. The van der Waals surface area contributed by atoms with Crippen LogP contribution in [-0.4, -0.2) is 87.4 Å². The number of nitrogens with one attached hydrogen (secondary N) is 1. The van der Waals surface area contributed by atoms with Gasteiger partial charge in [0.05, 0.1) is 18.8 Å². The maximum Gasteiger partial charge on any atom is 0.372 e. The zero-order valence-corrected chi connectivity index (χ0v) is 12.2. The zero-order chi connectivity index (χ0) is 17.4. The van der Waals surface area contributed by atoms with E-state index in [1.54, 1.807) is 0 Å². The van der Waals surface area contributed by atoms with E-state index >= 15 is 0 Å². The van der Waals surface area contributed by atoms with Crippen LogP contribution in [0.15, 0.2) is 0 Å². The smallest absolute Gasteiger partial charge is 0.372 e. The van der Waals surface area contributed by atoms with E-state index in [0.717, 1.165) is 14.0 Å². The Morgan fingerprint density at radius 1 is 1.14 bits per heavy atom. The van der Waals surface area contributed by atoms with Crippen molar-refractivity contribution in [2.75, 3.05) is 13.7 Å². The van der Waals surface area contributed by atoms with Gasteiger partial charge in [-0.25, -0.2) is 4.79 Å². The fraction of sp³-hybridized carbons (Fsp3) is 0.750. The molecular formula is C12H21NO9. The number of carbonyl (C=O) groups excluding carboxylic acids is 2. The molecule has 10 heteroatoms. The van der Waals surface area contributed by atoms with Crippen molar-refractivity contribution < 1.29 is 44.7 Å². The van der Waals surface area contributed by atoms with Gasteiger partial charge in [-0.15, -0.1) is 0 Å². The van der Waals surface area contributed by atoms with Gasteiger partial charge in [0.2, 0.25) is 11.7 Å². The normalized spacial score (nSPS) is 17.9. The first-order valence-electron chi connectivity index (χ1n) is 6.36. The molecule has 0 aliphatic heterocycles. The Labute approximate surface area is 126 Å². The lowest BCUT2D eigenvalue weighted by Crippen LogP contribution is -2.58. The summed E-state index contributed by atoms with van der Waals surface area (Å²) in [5.41, 5.74) is 0. The van der Waals surface area contributed by atoms with Crippen LogP contribution in [0.25, 0.3) is 0 Å². The molecule has 0 fully saturated rings. The number of aliphatic hydroxyl groups excluding tert-OH is 4. The highest BCUT2D eigenvalue weighted by Gasteiger charge is 2.38. The van der Waals surface area contributed by atoms with Crippen LogP contribution >= 0.6 is 0 Å². The second-order valence-electron chi connectivity index (χ2n) is 4.66. The molecule has 6 N–H and O–H groups in total. The predicted molar refractivity (Wildman–Crippen MR) is 70.8 cm³/mol. The number of aliphatic hydroxyl groups is 4. The van der Waals surface area contributed by atoms with Crippen molar-refractivity contribution in [3.63, 3.8) is 0 Å². The summed E-state index contributed by atoms with van der Waals surface area (Å²) in [4.78, 5) is 33.0. The molecule has 0 heterocycles. The van der Waals surface area contributed by atoms with Gasteiger partial charge in [-0.1, -0.05) is 0 Å². The van der Waals surface area contributed by atoms with E-state index in [1.165, 1.54) is 0 Å². The average molecular weight is 323 g/mol. The zero-order valence-electron chi connectivity index (χ0n) is 12.2. The molecule has 0 radical (unpaired) electrons. The minimum absolute atomic E-state index is 0.639. The van der Waals surface area contributed by atoms with E-state index < -0.39 is 61.1 Å². The molecule has 0 bridgehead atoms. The van der Waals surface area contributed by atoms with Crippen molar-refractivity contribution >= 4 is 17.7 Å². The van der Waals surface area contributed by atoms with Crippen molar-refractivity contribution in [3.8, 4) is 0 Å². The van der Waals surface area contributed by atoms with Crippen molar-refractivity contribution in [2.24, 2.45) is 0 Å². The lowest BCUT2D eigenvalue weighted by atomic mass is 9.94. The summed E-state index contributed by atoms with van der Waals surface area (Å²) < 4.78 is 4.90. The summed E-state index contributed by atoms with van der Waals surface area (Å²) in [6.45, 7) is 0.247. The Balaban J connectivity index is 5.25. The molecule has 1 amide bonds. The molecule has 5 atom stereocenters. The summed E-state index contributed by atoms with van der Waals surface area (Å²) >= 11 is 0. The maximum absolute atomic E-state index is 11.3. The van der Waals surface area contributed by atoms with E-state index in [9.17, 15) is 29.7 Å². The minimum Gasteiger partial charge on any atom is -0.475 e. The van der Waals surface area contributed by atoms with Gasteiger partial charge in [0.25, 0.3) is 0 Å². The van der Waals surface area contributed by atoms with Crippen LogP contribution in [0.3, 0.4) is 0 Å². The Bertz CT molecular complexity index is 400. The number of methoxy groups -OCH3 is 1. The standard InChI is InChI=1S/C12H21NO9/c1-5(15)13-9(11(19)10(18)7(17)4-14)8(22-2)3-6(16)12(20)21/h7-11,14,17-19H,3-4H2,1-2H3,(H,13,15)(H,20,21)/t7-,8+,9+,10-,11-/m1/s1. The first-order chi connectivity index (χ1) is 10.1. The molecule has 0 aromatic carbocycles. The Kier molecular flexibility index (Phi) is 8.75. The van der Waals surface area contributed by atoms with Gasteiger partial charge in [-0.05, 0) is 0 Å². The summed E-state index contributed by atoms with van der Waals surface area (Å²) in [6, 6.07) is -1.37. The summed E-state index contributed by atoms with van der Waals surface area (Å²) in [6.07, 6.45) is -7.28. The summed E-state index contributed by atoms with van der Waals surface area (Å²) in [5.74, 6) is -3.57. The Hall–Kier alpha value is -1.59. The monoisotopic (exact) mass is 323 g/mol. The number of hydrogen-bond acceptors (Lipinski definition) is 8. The van der Waals surface area contributed by atoms with E-state index in [0.29, 0.717) is 0 Å². The molecule has 0 aliphatic carbocycles. The second kappa shape index (κ2) is 9.43.